The molecule has 0 aliphatic rings. The minimum absolute atomic E-state index is 0.0225. The lowest BCUT2D eigenvalue weighted by atomic mass is 9.91. The largest absolute Gasteiger partial charge is 0.466 e. The number of carbonyl (C=O) groups excluding carboxylic acids is 2. The number of rotatable bonds is 46. The summed E-state index contributed by atoms with van der Waals surface area (Å²) in [5.41, 5.74) is 0. The van der Waals surface area contributed by atoms with Crippen LogP contribution in [0.3, 0.4) is 0 Å². The first-order valence-electron chi connectivity index (χ1n) is 25.9. The predicted molar refractivity (Wildman–Crippen MR) is 249 cm³/mol. The molecule has 0 amide bonds. The second-order valence-corrected chi connectivity index (χ2v) is 18.3. The van der Waals surface area contributed by atoms with Crippen LogP contribution in [-0.2, 0) is 19.1 Å². The fourth-order valence-electron chi connectivity index (χ4n) is 8.59. The molecule has 340 valence electrons. The molecule has 0 spiro atoms. The lowest BCUT2D eigenvalue weighted by Crippen LogP contribution is -2.21. The maximum atomic E-state index is 12.3. The first kappa shape index (κ1) is 55.9. The Morgan fingerprint density at radius 3 is 0.965 bits per heavy atom. The molecular weight excluding hydrogens is 703 g/mol. The molecule has 5 nitrogen and oxygen atoms in total. The van der Waals surface area contributed by atoms with Crippen molar-refractivity contribution in [1.82, 2.24) is 4.90 Å². The first-order chi connectivity index (χ1) is 27.9. The van der Waals surface area contributed by atoms with Gasteiger partial charge in [-0.15, -0.1) is 0 Å². The summed E-state index contributed by atoms with van der Waals surface area (Å²) in [6.07, 6.45) is 45.8. The molecule has 0 saturated heterocycles. The molecule has 0 aromatic heterocycles. The van der Waals surface area contributed by atoms with E-state index in [1.165, 1.54) is 193 Å². The summed E-state index contributed by atoms with van der Waals surface area (Å²) >= 11 is 0. The Kier molecular flexibility index (Phi) is 43.6. The molecule has 0 aliphatic carbocycles. The molecule has 57 heavy (non-hydrogen) atoms. The number of carbonyl (C=O) groups is 2. The van der Waals surface area contributed by atoms with E-state index in [0.717, 1.165) is 62.8 Å². The summed E-state index contributed by atoms with van der Waals surface area (Å²) < 4.78 is 11.3. The maximum Gasteiger partial charge on any atom is 0.305 e. The van der Waals surface area contributed by atoms with Crippen LogP contribution < -0.4 is 0 Å². The van der Waals surface area contributed by atoms with Crippen LogP contribution in [0.15, 0.2) is 0 Å². The van der Waals surface area contributed by atoms with Crippen LogP contribution in [0.1, 0.15) is 272 Å². The fourth-order valence-corrected chi connectivity index (χ4v) is 8.59. The molecule has 0 N–H and O–H groups in total. The lowest BCUT2D eigenvalue weighted by molar-refractivity contribution is -0.145. The summed E-state index contributed by atoms with van der Waals surface area (Å²) in [5, 5.41) is 0. The zero-order valence-electron chi connectivity index (χ0n) is 39.8. The Hall–Kier alpha value is -1.10. The second kappa shape index (κ2) is 44.5. The number of hydrogen-bond acceptors (Lipinski definition) is 5. The minimum atomic E-state index is 0.0225. The van der Waals surface area contributed by atoms with Crippen molar-refractivity contribution in [2.75, 3.05) is 33.4 Å². The summed E-state index contributed by atoms with van der Waals surface area (Å²) in [7, 11) is 2.26. The maximum absolute atomic E-state index is 12.3. The molecule has 0 aromatic carbocycles. The van der Waals surface area contributed by atoms with Gasteiger partial charge in [0.1, 0.15) is 0 Å². The van der Waals surface area contributed by atoms with E-state index in [0.29, 0.717) is 26.1 Å². The van der Waals surface area contributed by atoms with Gasteiger partial charge in [0, 0.05) is 12.8 Å². The van der Waals surface area contributed by atoms with Crippen LogP contribution in [0.4, 0.5) is 0 Å². The van der Waals surface area contributed by atoms with Crippen molar-refractivity contribution >= 4 is 11.9 Å². The van der Waals surface area contributed by atoms with Crippen LogP contribution in [0, 0.1) is 17.8 Å². The van der Waals surface area contributed by atoms with Crippen molar-refractivity contribution in [2.24, 2.45) is 17.8 Å². The van der Waals surface area contributed by atoms with Crippen LogP contribution in [0.2, 0.25) is 0 Å². The highest BCUT2D eigenvalue weighted by Crippen LogP contribution is 2.24. The minimum Gasteiger partial charge on any atom is -0.466 e. The van der Waals surface area contributed by atoms with Gasteiger partial charge in [0.15, 0.2) is 0 Å². The molecule has 0 saturated carbocycles. The number of hydrogen-bond donors (Lipinski definition) is 0. The van der Waals surface area contributed by atoms with E-state index in [1.807, 2.05) is 0 Å². The summed E-state index contributed by atoms with van der Waals surface area (Å²) in [6.45, 7) is 15.0. The molecule has 0 aliphatic heterocycles. The summed E-state index contributed by atoms with van der Waals surface area (Å²) in [5.74, 6) is 2.37. The average molecular weight is 806 g/mol. The molecule has 0 rings (SSSR count). The molecule has 0 bridgehead atoms. The lowest BCUT2D eigenvalue weighted by Gasteiger charge is -2.21. The van der Waals surface area contributed by atoms with E-state index in [4.69, 9.17) is 9.47 Å². The fraction of sp³-hybridized carbons (Fsp3) is 0.962. The summed E-state index contributed by atoms with van der Waals surface area (Å²) in [4.78, 5) is 27.1. The molecule has 0 heterocycles. The average Bonchev–Trinajstić information content (AvgIpc) is 3.20. The van der Waals surface area contributed by atoms with Crippen LogP contribution in [-0.4, -0.2) is 50.2 Å². The Morgan fingerprint density at radius 2 is 0.649 bits per heavy atom. The van der Waals surface area contributed by atoms with Gasteiger partial charge >= 0.3 is 11.9 Å². The van der Waals surface area contributed by atoms with E-state index in [-0.39, 0.29) is 11.9 Å². The topological polar surface area (TPSA) is 55.8 Å². The van der Waals surface area contributed by atoms with Gasteiger partial charge in [0.2, 0.25) is 0 Å². The third-order valence-corrected chi connectivity index (χ3v) is 12.9. The SMILES string of the molecule is CCCCCC(CCCCC)CCOC(=O)CCCCCCCCCC(CCCCCCCCCC(=O)OCCC(CCCCC)CCCCC)CCN(C)CC. The van der Waals surface area contributed by atoms with Crippen LogP contribution in [0.5, 0.6) is 0 Å². The van der Waals surface area contributed by atoms with Gasteiger partial charge in [-0.2, -0.15) is 0 Å². The molecule has 0 unspecified atom stereocenters. The van der Waals surface area contributed by atoms with Crippen molar-refractivity contribution in [3.05, 3.63) is 0 Å². The van der Waals surface area contributed by atoms with Crippen molar-refractivity contribution in [3.63, 3.8) is 0 Å². The molecule has 0 radical (unpaired) electrons. The monoisotopic (exact) mass is 806 g/mol. The van der Waals surface area contributed by atoms with Gasteiger partial charge in [0.05, 0.1) is 13.2 Å². The second-order valence-electron chi connectivity index (χ2n) is 18.3. The van der Waals surface area contributed by atoms with Crippen molar-refractivity contribution < 1.29 is 19.1 Å². The molecule has 0 atom stereocenters. The first-order valence-corrected chi connectivity index (χ1v) is 25.9. The highest BCUT2D eigenvalue weighted by molar-refractivity contribution is 5.69. The number of ether oxygens (including phenoxy) is 2. The molecular formula is C52H103NO4. The molecule has 0 fully saturated rings. The quantitative estimate of drug-likeness (QED) is 0.0453. The number of esters is 2. The molecule has 0 aromatic rings. The third-order valence-electron chi connectivity index (χ3n) is 12.9. The van der Waals surface area contributed by atoms with Gasteiger partial charge in [-0.1, -0.05) is 227 Å². The van der Waals surface area contributed by atoms with Gasteiger partial charge in [0.25, 0.3) is 0 Å². The zero-order valence-corrected chi connectivity index (χ0v) is 39.8. The standard InChI is InChI=1S/C52H103NO4/c1-7-12-26-34-49(35-27-13-8-2)43-46-56-51(54)40-32-24-20-16-18-22-30-38-48(42-45-53(6)11-5)39-31-23-19-17-21-25-33-41-52(55)57-47-44-50(36-28-14-9-3)37-29-15-10-4/h48-50H,7-47H2,1-6H3. The highest BCUT2D eigenvalue weighted by atomic mass is 16.5. The molecule has 5 heteroatoms. The van der Waals surface area contributed by atoms with E-state index in [9.17, 15) is 9.59 Å². The third kappa shape index (κ3) is 40.1. The van der Waals surface area contributed by atoms with E-state index >= 15 is 0 Å². The van der Waals surface area contributed by atoms with Gasteiger partial charge in [-0.25, -0.2) is 0 Å². The van der Waals surface area contributed by atoms with Crippen molar-refractivity contribution in [2.45, 2.75) is 272 Å². The number of unbranched alkanes of at least 4 members (excludes halogenated alkanes) is 20. The van der Waals surface area contributed by atoms with Crippen LogP contribution in [0.25, 0.3) is 0 Å². The van der Waals surface area contributed by atoms with Crippen LogP contribution >= 0.6 is 0 Å². The Balaban J connectivity index is 4.02. The van der Waals surface area contributed by atoms with Gasteiger partial charge in [-0.05, 0) is 70.0 Å². The zero-order chi connectivity index (χ0) is 41.9. The van der Waals surface area contributed by atoms with E-state index < -0.39 is 0 Å². The smallest absolute Gasteiger partial charge is 0.305 e. The predicted octanol–water partition coefficient (Wildman–Crippen LogP) is 16.4. The van der Waals surface area contributed by atoms with Crippen molar-refractivity contribution in [3.8, 4) is 0 Å². The highest BCUT2D eigenvalue weighted by Gasteiger charge is 2.13. The van der Waals surface area contributed by atoms with Gasteiger partial charge < -0.3 is 14.4 Å². The van der Waals surface area contributed by atoms with E-state index in [1.54, 1.807) is 0 Å². The van der Waals surface area contributed by atoms with E-state index in [2.05, 4.69) is 46.6 Å². The Bertz CT molecular complexity index is 753. The Labute approximate surface area is 358 Å². The Morgan fingerprint density at radius 1 is 0.368 bits per heavy atom. The van der Waals surface area contributed by atoms with Gasteiger partial charge in [-0.3, -0.25) is 9.59 Å². The normalized spacial score (nSPS) is 11.8. The number of nitrogens with zero attached hydrogens (tertiary/aromatic N) is 1. The summed E-state index contributed by atoms with van der Waals surface area (Å²) in [6, 6.07) is 0. The van der Waals surface area contributed by atoms with Crippen molar-refractivity contribution in [1.29, 1.82) is 0 Å².